The van der Waals surface area contributed by atoms with Crippen LogP contribution in [0.2, 0.25) is 0 Å². The second-order valence-electron chi connectivity index (χ2n) is 4.62. The maximum Gasteiger partial charge on any atom is 0.142 e. The largest absolute Gasteiger partial charge is 0.409 e. The minimum Gasteiger partial charge on any atom is -0.409 e. The van der Waals surface area contributed by atoms with E-state index < -0.39 is 0 Å². The van der Waals surface area contributed by atoms with Crippen molar-refractivity contribution in [1.82, 2.24) is 0 Å². The van der Waals surface area contributed by atoms with E-state index in [-0.39, 0.29) is 0 Å². The number of benzene rings is 1. The third-order valence-electron chi connectivity index (χ3n) is 3.77. The monoisotopic (exact) mass is 217 g/mol. The lowest BCUT2D eigenvalue weighted by atomic mass is 10.2. The SMILES string of the molecule is N/C(=N\O)C1[C@H]2CN(c3ccccc3)C[C@@H]12. The van der Waals surface area contributed by atoms with Gasteiger partial charge < -0.3 is 15.8 Å². The molecule has 1 saturated carbocycles. The third-order valence-corrected chi connectivity index (χ3v) is 3.77. The molecular weight excluding hydrogens is 202 g/mol. The highest BCUT2D eigenvalue weighted by atomic mass is 16.4. The molecule has 1 aromatic carbocycles. The molecule has 1 unspecified atom stereocenters. The number of rotatable bonds is 2. The third kappa shape index (κ3) is 1.33. The van der Waals surface area contributed by atoms with Gasteiger partial charge >= 0.3 is 0 Å². The highest BCUT2D eigenvalue weighted by molar-refractivity contribution is 5.86. The number of para-hydroxylation sites is 1. The Labute approximate surface area is 94.4 Å². The van der Waals surface area contributed by atoms with Gasteiger partial charge in [-0.2, -0.15) is 0 Å². The molecule has 1 heterocycles. The molecule has 16 heavy (non-hydrogen) atoms. The molecule has 1 aliphatic heterocycles. The van der Waals surface area contributed by atoms with Gasteiger partial charge in [-0.1, -0.05) is 23.4 Å². The topological polar surface area (TPSA) is 61.9 Å². The van der Waals surface area contributed by atoms with Gasteiger partial charge in [-0.3, -0.25) is 0 Å². The molecule has 0 aromatic heterocycles. The summed E-state index contributed by atoms with van der Waals surface area (Å²) in [6, 6.07) is 10.4. The van der Waals surface area contributed by atoms with E-state index in [1.807, 2.05) is 6.07 Å². The molecule has 1 saturated heterocycles. The van der Waals surface area contributed by atoms with Gasteiger partial charge in [0.15, 0.2) is 0 Å². The predicted octanol–water partition coefficient (Wildman–Crippen LogP) is 1.12. The molecule has 3 atom stereocenters. The van der Waals surface area contributed by atoms with E-state index in [0.29, 0.717) is 23.6 Å². The maximum atomic E-state index is 8.63. The zero-order valence-electron chi connectivity index (χ0n) is 8.95. The van der Waals surface area contributed by atoms with E-state index in [0.717, 1.165) is 13.1 Å². The zero-order valence-corrected chi connectivity index (χ0v) is 8.95. The highest BCUT2D eigenvalue weighted by Gasteiger charge is 2.57. The van der Waals surface area contributed by atoms with E-state index in [1.165, 1.54) is 5.69 Å². The number of nitrogens with zero attached hydrogens (tertiary/aromatic N) is 2. The summed E-state index contributed by atoms with van der Waals surface area (Å²) in [7, 11) is 0. The average Bonchev–Trinajstić information content (AvgIpc) is 2.84. The van der Waals surface area contributed by atoms with Crippen LogP contribution < -0.4 is 10.6 Å². The van der Waals surface area contributed by atoms with Gasteiger partial charge in [-0.05, 0) is 24.0 Å². The fourth-order valence-corrected chi connectivity index (χ4v) is 2.88. The van der Waals surface area contributed by atoms with E-state index in [4.69, 9.17) is 10.9 Å². The van der Waals surface area contributed by atoms with Crippen LogP contribution in [0.25, 0.3) is 0 Å². The van der Waals surface area contributed by atoms with Gasteiger partial charge in [-0.25, -0.2) is 0 Å². The Hall–Kier alpha value is -1.71. The molecular formula is C12H15N3O. The lowest BCUT2D eigenvalue weighted by Crippen LogP contribution is -2.28. The second-order valence-corrected chi connectivity index (χ2v) is 4.62. The number of fused-ring (bicyclic) bond motifs is 1. The smallest absolute Gasteiger partial charge is 0.142 e. The van der Waals surface area contributed by atoms with E-state index in [2.05, 4.69) is 34.3 Å². The Morgan fingerprint density at radius 1 is 1.25 bits per heavy atom. The van der Waals surface area contributed by atoms with Crippen LogP contribution in [0.1, 0.15) is 0 Å². The summed E-state index contributed by atoms with van der Waals surface area (Å²) in [6.45, 7) is 2.05. The quantitative estimate of drug-likeness (QED) is 0.338. The van der Waals surface area contributed by atoms with Crippen molar-refractivity contribution in [2.75, 3.05) is 18.0 Å². The van der Waals surface area contributed by atoms with Gasteiger partial charge in [0.2, 0.25) is 0 Å². The van der Waals surface area contributed by atoms with Crippen LogP contribution >= 0.6 is 0 Å². The molecule has 2 aliphatic rings. The van der Waals surface area contributed by atoms with Crippen molar-refractivity contribution in [2.24, 2.45) is 28.6 Å². The standard InChI is InChI=1S/C12H15N3O/c13-12(14-16)11-9-6-15(7-10(9)11)8-4-2-1-3-5-8/h1-5,9-11,16H,6-7H2,(H2,13,14)/t9-,10+,11?. The molecule has 0 spiro atoms. The van der Waals surface area contributed by atoms with Crippen LogP contribution in [0.15, 0.2) is 35.5 Å². The van der Waals surface area contributed by atoms with Crippen molar-refractivity contribution in [1.29, 1.82) is 0 Å². The minimum atomic E-state index is 0.310. The van der Waals surface area contributed by atoms with Crippen LogP contribution in [0.3, 0.4) is 0 Å². The summed E-state index contributed by atoms with van der Waals surface area (Å²) in [4.78, 5) is 2.37. The second kappa shape index (κ2) is 3.40. The molecule has 84 valence electrons. The molecule has 0 amide bonds. The van der Waals surface area contributed by atoms with Crippen molar-refractivity contribution in [3.8, 4) is 0 Å². The van der Waals surface area contributed by atoms with E-state index in [9.17, 15) is 0 Å². The molecule has 0 radical (unpaired) electrons. The summed E-state index contributed by atoms with van der Waals surface area (Å²) >= 11 is 0. The van der Waals surface area contributed by atoms with E-state index >= 15 is 0 Å². The van der Waals surface area contributed by atoms with Gasteiger partial charge in [0, 0.05) is 24.7 Å². The Bertz CT molecular complexity index is 406. The summed E-state index contributed by atoms with van der Waals surface area (Å²) in [6.07, 6.45) is 0. The van der Waals surface area contributed by atoms with E-state index in [1.54, 1.807) is 0 Å². The number of oxime groups is 1. The summed E-state index contributed by atoms with van der Waals surface area (Å²) in [5, 5.41) is 11.7. The molecule has 1 aliphatic carbocycles. The normalized spacial score (nSPS) is 32.6. The Balaban J connectivity index is 1.68. The van der Waals surface area contributed by atoms with Crippen molar-refractivity contribution < 1.29 is 5.21 Å². The first kappa shape index (κ1) is 9.51. The molecule has 0 bridgehead atoms. The fourth-order valence-electron chi connectivity index (χ4n) is 2.88. The fraction of sp³-hybridized carbons (Fsp3) is 0.417. The number of hydrogen-bond acceptors (Lipinski definition) is 3. The van der Waals surface area contributed by atoms with Crippen molar-refractivity contribution >= 4 is 11.5 Å². The molecule has 2 fully saturated rings. The lowest BCUT2D eigenvalue weighted by molar-refractivity contribution is 0.315. The highest BCUT2D eigenvalue weighted by Crippen LogP contribution is 2.52. The first-order valence-electron chi connectivity index (χ1n) is 5.58. The molecule has 3 rings (SSSR count). The Morgan fingerprint density at radius 3 is 2.44 bits per heavy atom. The van der Waals surface area contributed by atoms with Crippen LogP contribution in [0.5, 0.6) is 0 Å². The van der Waals surface area contributed by atoms with Crippen molar-refractivity contribution in [2.45, 2.75) is 0 Å². The molecule has 3 N–H and O–H groups in total. The number of piperidine rings is 1. The average molecular weight is 217 g/mol. The number of amidine groups is 1. The summed E-state index contributed by atoms with van der Waals surface area (Å²) in [5.74, 6) is 1.87. The number of hydrogen-bond donors (Lipinski definition) is 2. The minimum absolute atomic E-state index is 0.310. The van der Waals surface area contributed by atoms with Gasteiger partial charge in [-0.15, -0.1) is 0 Å². The molecule has 4 nitrogen and oxygen atoms in total. The van der Waals surface area contributed by atoms with Gasteiger partial charge in [0.05, 0.1) is 0 Å². The van der Waals surface area contributed by atoms with Gasteiger partial charge in [0.1, 0.15) is 5.84 Å². The van der Waals surface area contributed by atoms with Gasteiger partial charge in [0.25, 0.3) is 0 Å². The maximum absolute atomic E-state index is 8.63. The Morgan fingerprint density at radius 2 is 1.88 bits per heavy atom. The molecule has 4 heteroatoms. The number of nitrogens with two attached hydrogens (primary N) is 1. The van der Waals surface area contributed by atoms with Crippen molar-refractivity contribution in [3.63, 3.8) is 0 Å². The predicted molar refractivity (Wildman–Crippen MR) is 62.5 cm³/mol. The van der Waals surface area contributed by atoms with Crippen LogP contribution in [0, 0.1) is 17.8 Å². The summed E-state index contributed by atoms with van der Waals surface area (Å²) < 4.78 is 0. The Kier molecular flexibility index (Phi) is 2.02. The molecule has 1 aromatic rings. The van der Waals surface area contributed by atoms with Crippen molar-refractivity contribution in [3.05, 3.63) is 30.3 Å². The first-order chi connectivity index (χ1) is 7.81. The summed E-state index contributed by atoms with van der Waals surface area (Å²) in [5.41, 5.74) is 6.91. The van der Waals surface area contributed by atoms with Crippen LogP contribution in [-0.2, 0) is 0 Å². The number of anilines is 1. The lowest BCUT2D eigenvalue weighted by Gasteiger charge is -2.21. The van der Waals surface area contributed by atoms with Crippen LogP contribution in [0.4, 0.5) is 5.69 Å². The zero-order chi connectivity index (χ0) is 11.1. The first-order valence-corrected chi connectivity index (χ1v) is 5.58. The van der Waals surface area contributed by atoms with Crippen LogP contribution in [-0.4, -0.2) is 24.1 Å².